The number of hydrogen-bond acceptors (Lipinski definition) is 4. The lowest BCUT2D eigenvalue weighted by Gasteiger charge is -2.10. The van der Waals surface area contributed by atoms with E-state index in [1.54, 1.807) is 13.3 Å². The Labute approximate surface area is 120 Å². The van der Waals surface area contributed by atoms with Crippen LogP contribution in [-0.4, -0.2) is 12.1 Å². The van der Waals surface area contributed by atoms with E-state index >= 15 is 0 Å². The van der Waals surface area contributed by atoms with Gasteiger partial charge < -0.3 is 15.2 Å². The molecule has 2 rings (SSSR count). The lowest BCUT2D eigenvalue weighted by molar-refractivity contribution is 0.291. The largest absolute Gasteiger partial charge is 0.497 e. The normalized spacial score (nSPS) is 10.3. The van der Waals surface area contributed by atoms with Gasteiger partial charge in [0.1, 0.15) is 12.4 Å². The summed E-state index contributed by atoms with van der Waals surface area (Å²) in [5.41, 5.74) is 8.35. The van der Waals surface area contributed by atoms with Gasteiger partial charge in [-0.25, -0.2) is 4.98 Å². The molecule has 0 spiro atoms. The van der Waals surface area contributed by atoms with E-state index in [0.717, 1.165) is 21.3 Å². The number of halogens is 1. The van der Waals surface area contributed by atoms with Crippen molar-refractivity contribution in [2.24, 2.45) is 0 Å². The van der Waals surface area contributed by atoms with Crippen molar-refractivity contribution in [3.05, 3.63) is 46.1 Å². The molecule has 19 heavy (non-hydrogen) atoms. The van der Waals surface area contributed by atoms with E-state index in [0.29, 0.717) is 18.2 Å². The quantitative estimate of drug-likeness (QED) is 0.938. The molecule has 5 heteroatoms. The van der Waals surface area contributed by atoms with E-state index in [9.17, 15) is 0 Å². The molecule has 0 radical (unpaired) electrons. The van der Waals surface area contributed by atoms with Crippen molar-refractivity contribution in [2.45, 2.75) is 13.5 Å². The Bertz CT molecular complexity index is 588. The zero-order valence-electron chi connectivity index (χ0n) is 10.8. The van der Waals surface area contributed by atoms with Gasteiger partial charge in [0.15, 0.2) is 0 Å². The van der Waals surface area contributed by atoms with E-state index in [1.807, 2.05) is 31.2 Å². The van der Waals surface area contributed by atoms with E-state index in [-0.39, 0.29) is 0 Å². The maximum atomic E-state index is 5.77. The van der Waals surface area contributed by atoms with Gasteiger partial charge in [-0.05, 0) is 46.1 Å². The van der Waals surface area contributed by atoms with Gasteiger partial charge >= 0.3 is 0 Å². The number of pyridine rings is 1. The second-order valence-electron chi connectivity index (χ2n) is 4.10. The van der Waals surface area contributed by atoms with Gasteiger partial charge in [0.05, 0.1) is 23.5 Å². The first kappa shape index (κ1) is 13.7. The third-order valence-electron chi connectivity index (χ3n) is 2.78. The van der Waals surface area contributed by atoms with Crippen LogP contribution < -0.4 is 15.2 Å². The van der Waals surface area contributed by atoms with Crippen molar-refractivity contribution < 1.29 is 9.47 Å². The standard InChI is InChI=1S/C14H15BrN2O2/c1-9-12(16)7-17-14(13(9)15)19-8-10-4-3-5-11(6-10)18-2/h3-7H,8,16H2,1-2H3. The lowest BCUT2D eigenvalue weighted by Crippen LogP contribution is -2.01. The number of aromatic nitrogens is 1. The van der Waals surface area contributed by atoms with Gasteiger partial charge in [0.2, 0.25) is 5.88 Å². The summed E-state index contributed by atoms with van der Waals surface area (Å²) in [5.74, 6) is 1.34. The average molecular weight is 323 g/mol. The smallest absolute Gasteiger partial charge is 0.228 e. The lowest BCUT2D eigenvalue weighted by atomic mass is 10.2. The second kappa shape index (κ2) is 5.93. The van der Waals surface area contributed by atoms with Crippen LogP contribution in [0.3, 0.4) is 0 Å². The monoisotopic (exact) mass is 322 g/mol. The molecule has 1 aromatic carbocycles. The summed E-state index contributed by atoms with van der Waals surface area (Å²) in [6.45, 7) is 2.34. The number of ether oxygens (including phenoxy) is 2. The summed E-state index contributed by atoms with van der Waals surface area (Å²) < 4.78 is 11.6. The van der Waals surface area contributed by atoms with Crippen LogP contribution in [0.1, 0.15) is 11.1 Å². The van der Waals surface area contributed by atoms with Crippen molar-refractivity contribution in [3.8, 4) is 11.6 Å². The Hall–Kier alpha value is -1.75. The predicted octanol–water partition coefficient (Wildman–Crippen LogP) is 3.32. The maximum absolute atomic E-state index is 5.77. The summed E-state index contributed by atoms with van der Waals surface area (Å²) in [6.07, 6.45) is 1.60. The van der Waals surface area contributed by atoms with Crippen molar-refractivity contribution in [2.75, 3.05) is 12.8 Å². The molecule has 1 heterocycles. The van der Waals surface area contributed by atoms with Crippen LogP contribution in [0.25, 0.3) is 0 Å². The Morgan fingerprint density at radius 2 is 2.16 bits per heavy atom. The zero-order chi connectivity index (χ0) is 13.8. The van der Waals surface area contributed by atoms with Crippen LogP contribution in [0.4, 0.5) is 5.69 Å². The van der Waals surface area contributed by atoms with Gasteiger partial charge in [0, 0.05) is 0 Å². The SMILES string of the molecule is COc1cccc(COc2ncc(N)c(C)c2Br)c1. The first-order chi connectivity index (χ1) is 9.11. The Kier molecular flexibility index (Phi) is 4.27. The molecule has 0 bridgehead atoms. The number of methoxy groups -OCH3 is 1. The Morgan fingerprint density at radius 3 is 2.89 bits per heavy atom. The average Bonchev–Trinajstić information content (AvgIpc) is 2.44. The molecule has 0 saturated heterocycles. The highest BCUT2D eigenvalue weighted by molar-refractivity contribution is 9.10. The molecular weight excluding hydrogens is 308 g/mol. The minimum absolute atomic E-state index is 0.423. The van der Waals surface area contributed by atoms with E-state index in [4.69, 9.17) is 15.2 Å². The van der Waals surface area contributed by atoms with Crippen LogP contribution in [-0.2, 0) is 6.61 Å². The molecule has 4 nitrogen and oxygen atoms in total. The zero-order valence-corrected chi connectivity index (χ0v) is 12.4. The number of hydrogen-bond donors (Lipinski definition) is 1. The van der Waals surface area contributed by atoms with Gasteiger partial charge in [0.25, 0.3) is 0 Å². The Morgan fingerprint density at radius 1 is 1.37 bits per heavy atom. The molecule has 0 fully saturated rings. The number of rotatable bonds is 4. The molecule has 0 aliphatic carbocycles. The summed E-state index contributed by atoms with van der Waals surface area (Å²) >= 11 is 3.44. The minimum Gasteiger partial charge on any atom is -0.497 e. The van der Waals surface area contributed by atoms with Gasteiger partial charge in [-0.15, -0.1) is 0 Å². The number of nitrogens with zero attached hydrogens (tertiary/aromatic N) is 1. The first-order valence-corrected chi connectivity index (χ1v) is 6.57. The fourth-order valence-electron chi connectivity index (χ4n) is 1.58. The highest BCUT2D eigenvalue weighted by Crippen LogP contribution is 2.30. The maximum Gasteiger partial charge on any atom is 0.228 e. The molecule has 0 aliphatic rings. The van der Waals surface area contributed by atoms with E-state index < -0.39 is 0 Å². The fourth-order valence-corrected chi connectivity index (χ4v) is 2.03. The topological polar surface area (TPSA) is 57.4 Å². The van der Waals surface area contributed by atoms with Crippen LogP contribution in [0.15, 0.2) is 34.9 Å². The molecule has 0 unspecified atom stereocenters. The van der Waals surface area contributed by atoms with Crippen molar-refractivity contribution in [1.82, 2.24) is 4.98 Å². The third-order valence-corrected chi connectivity index (χ3v) is 3.71. The van der Waals surface area contributed by atoms with Gasteiger partial charge in [-0.1, -0.05) is 12.1 Å². The third kappa shape index (κ3) is 3.17. The van der Waals surface area contributed by atoms with Crippen molar-refractivity contribution >= 4 is 21.6 Å². The first-order valence-electron chi connectivity index (χ1n) is 5.78. The predicted molar refractivity (Wildman–Crippen MR) is 78.4 cm³/mol. The number of nitrogens with two attached hydrogens (primary N) is 1. The minimum atomic E-state index is 0.423. The highest BCUT2D eigenvalue weighted by Gasteiger charge is 2.09. The van der Waals surface area contributed by atoms with Crippen molar-refractivity contribution in [1.29, 1.82) is 0 Å². The molecule has 0 atom stereocenters. The van der Waals surface area contributed by atoms with Crippen LogP contribution in [0.2, 0.25) is 0 Å². The van der Waals surface area contributed by atoms with Gasteiger partial charge in [-0.3, -0.25) is 0 Å². The summed E-state index contributed by atoms with van der Waals surface area (Å²) in [6, 6.07) is 7.72. The fraction of sp³-hybridized carbons (Fsp3) is 0.214. The molecule has 2 aromatic rings. The molecular formula is C14H15BrN2O2. The van der Waals surface area contributed by atoms with Crippen LogP contribution >= 0.6 is 15.9 Å². The molecule has 1 aromatic heterocycles. The summed E-state index contributed by atoms with van der Waals surface area (Å²) in [5, 5.41) is 0. The van der Waals surface area contributed by atoms with E-state index in [1.165, 1.54) is 0 Å². The van der Waals surface area contributed by atoms with Crippen LogP contribution in [0, 0.1) is 6.92 Å². The molecule has 0 amide bonds. The van der Waals surface area contributed by atoms with Crippen molar-refractivity contribution in [3.63, 3.8) is 0 Å². The highest BCUT2D eigenvalue weighted by atomic mass is 79.9. The Balaban J connectivity index is 2.12. The van der Waals surface area contributed by atoms with E-state index in [2.05, 4.69) is 20.9 Å². The molecule has 0 saturated carbocycles. The molecule has 0 aliphatic heterocycles. The summed E-state index contributed by atoms with van der Waals surface area (Å²) in [4.78, 5) is 4.17. The number of anilines is 1. The summed E-state index contributed by atoms with van der Waals surface area (Å²) in [7, 11) is 1.64. The van der Waals surface area contributed by atoms with Gasteiger partial charge in [-0.2, -0.15) is 0 Å². The van der Waals surface area contributed by atoms with Crippen LogP contribution in [0.5, 0.6) is 11.6 Å². The number of benzene rings is 1. The molecule has 2 N–H and O–H groups in total. The second-order valence-corrected chi connectivity index (χ2v) is 4.89. The number of nitrogen functional groups attached to an aromatic ring is 1. The molecule has 100 valence electrons.